The van der Waals surface area contributed by atoms with Crippen LogP contribution in [0.25, 0.3) is 0 Å². The first-order chi connectivity index (χ1) is 10.7. The maximum atomic E-state index is 13.2. The lowest BCUT2D eigenvalue weighted by molar-refractivity contribution is 0.102. The van der Waals surface area contributed by atoms with Crippen LogP contribution < -0.4 is 5.32 Å². The molecule has 3 rings (SSSR count). The molecule has 114 valence electrons. The van der Waals surface area contributed by atoms with E-state index in [4.69, 9.17) is 0 Å². The van der Waals surface area contributed by atoms with Crippen LogP contribution in [0, 0.1) is 5.82 Å². The van der Waals surface area contributed by atoms with Gasteiger partial charge >= 0.3 is 0 Å². The third-order valence-corrected chi connectivity index (χ3v) is 5.23. The number of benzene rings is 2. The summed E-state index contributed by atoms with van der Waals surface area (Å²) in [7, 11) is 0. The second-order valence-electron chi connectivity index (χ2n) is 5.48. The lowest BCUT2D eigenvalue weighted by atomic mass is 10.2. The fraction of sp³-hybridized carbons (Fsp3) is 0.278. The van der Waals surface area contributed by atoms with E-state index >= 15 is 0 Å². The highest BCUT2D eigenvalue weighted by atomic mass is 32.2. The summed E-state index contributed by atoms with van der Waals surface area (Å²) in [5.41, 5.74) is 1.13. The Kier molecular flexibility index (Phi) is 4.78. The zero-order chi connectivity index (χ0) is 15.4. The molecule has 1 fully saturated rings. The molecule has 0 unspecified atom stereocenters. The normalized spacial score (nSPS) is 15.0. The number of thioether (sulfide) groups is 1. The van der Waals surface area contributed by atoms with Crippen LogP contribution in [-0.2, 0) is 0 Å². The van der Waals surface area contributed by atoms with Crippen LogP contribution in [0.15, 0.2) is 53.4 Å². The molecule has 2 aromatic carbocycles. The number of amides is 1. The van der Waals surface area contributed by atoms with Gasteiger partial charge in [0.25, 0.3) is 5.91 Å². The van der Waals surface area contributed by atoms with Gasteiger partial charge in [0, 0.05) is 15.7 Å². The maximum absolute atomic E-state index is 13.2. The molecular formula is C18H18FNOS. The molecule has 1 amide bonds. The average Bonchev–Trinajstić information content (AvgIpc) is 3.02. The summed E-state index contributed by atoms with van der Waals surface area (Å²) in [6.45, 7) is 0. The van der Waals surface area contributed by atoms with Crippen molar-refractivity contribution in [1.29, 1.82) is 0 Å². The molecule has 0 radical (unpaired) electrons. The molecule has 1 aliphatic rings. The summed E-state index contributed by atoms with van der Waals surface area (Å²) < 4.78 is 13.2. The Morgan fingerprint density at radius 3 is 2.64 bits per heavy atom. The van der Waals surface area contributed by atoms with E-state index in [1.165, 1.54) is 37.8 Å². The largest absolute Gasteiger partial charge is 0.321 e. The lowest BCUT2D eigenvalue weighted by Gasteiger charge is -2.14. The van der Waals surface area contributed by atoms with E-state index < -0.39 is 5.82 Å². The second kappa shape index (κ2) is 6.97. The van der Waals surface area contributed by atoms with E-state index in [-0.39, 0.29) is 5.91 Å². The van der Waals surface area contributed by atoms with Crippen LogP contribution in [0.4, 0.5) is 10.1 Å². The monoisotopic (exact) mass is 315 g/mol. The third-order valence-electron chi connectivity index (χ3n) is 3.82. The Morgan fingerprint density at radius 1 is 1.09 bits per heavy atom. The number of hydrogen-bond donors (Lipinski definition) is 1. The van der Waals surface area contributed by atoms with Gasteiger partial charge in [-0.05, 0) is 43.2 Å². The van der Waals surface area contributed by atoms with Gasteiger partial charge in [-0.25, -0.2) is 4.39 Å². The standard InChI is InChI=1S/C18H18FNOS/c19-14-7-5-6-13(12-14)18(21)20-16-10-3-4-11-17(16)22-15-8-1-2-9-15/h3-7,10-12,15H,1-2,8-9H2,(H,20,21). The van der Waals surface area contributed by atoms with Crippen molar-refractivity contribution in [1.82, 2.24) is 0 Å². The van der Waals surface area contributed by atoms with E-state index in [2.05, 4.69) is 5.32 Å². The van der Waals surface area contributed by atoms with Crippen molar-refractivity contribution in [2.24, 2.45) is 0 Å². The predicted octanol–water partition coefficient (Wildman–Crippen LogP) is 5.11. The summed E-state index contributed by atoms with van der Waals surface area (Å²) in [5, 5.41) is 3.53. The van der Waals surface area contributed by atoms with Crippen LogP contribution in [0.3, 0.4) is 0 Å². The minimum absolute atomic E-state index is 0.279. The number of carbonyl (C=O) groups excluding carboxylic acids is 1. The van der Waals surface area contributed by atoms with Crippen molar-refractivity contribution in [2.45, 2.75) is 35.8 Å². The minimum atomic E-state index is -0.402. The highest BCUT2D eigenvalue weighted by Crippen LogP contribution is 2.38. The number of anilines is 1. The Labute approximate surface area is 134 Å². The number of halogens is 1. The molecule has 0 aliphatic heterocycles. The lowest BCUT2D eigenvalue weighted by Crippen LogP contribution is -2.13. The molecule has 0 atom stereocenters. The van der Waals surface area contributed by atoms with Crippen LogP contribution in [0.5, 0.6) is 0 Å². The van der Waals surface area contributed by atoms with Gasteiger partial charge in [0.05, 0.1) is 5.69 Å². The molecule has 1 aliphatic carbocycles. The van der Waals surface area contributed by atoms with E-state index in [0.29, 0.717) is 10.8 Å². The molecule has 0 saturated heterocycles. The number of nitrogens with one attached hydrogen (secondary N) is 1. The van der Waals surface area contributed by atoms with Gasteiger partial charge in [-0.3, -0.25) is 4.79 Å². The van der Waals surface area contributed by atoms with Crippen LogP contribution >= 0.6 is 11.8 Å². The van der Waals surface area contributed by atoms with Crippen molar-refractivity contribution in [3.8, 4) is 0 Å². The minimum Gasteiger partial charge on any atom is -0.321 e. The van der Waals surface area contributed by atoms with Crippen molar-refractivity contribution in [3.05, 3.63) is 59.9 Å². The van der Waals surface area contributed by atoms with Gasteiger partial charge in [-0.1, -0.05) is 31.0 Å². The van der Waals surface area contributed by atoms with Crippen molar-refractivity contribution >= 4 is 23.4 Å². The van der Waals surface area contributed by atoms with Gasteiger partial charge in [0.1, 0.15) is 5.82 Å². The van der Waals surface area contributed by atoms with Crippen LogP contribution in [0.2, 0.25) is 0 Å². The quantitative estimate of drug-likeness (QED) is 0.849. The number of hydrogen-bond acceptors (Lipinski definition) is 2. The molecule has 1 N–H and O–H groups in total. The first kappa shape index (κ1) is 15.1. The molecule has 2 aromatic rings. The van der Waals surface area contributed by atoms with E-state index in [1.807, 2.05) is 36.0 Å². The SMILES string of the molecule is O=C(Nc1ccccc1SC1CCCC1)c1cccc(F)c1. The molecule has 4 heteroatoms. The van der Waals surface area contributed by atoms with Crippen molar-refractivity contribution in [3.63, 3.8) is 0 Å². The van der Waals surface area contributed by atoms with Crippen LogP contribution in [-0.4, -0.2) is 11.2 Å². The highest BCUT2D eigenvalue weighted by Gasteiger charge is 2.18. The second-order valence-corrected chi connectivity index (χ2v) is 6.83. The highest BCUT2D eigenvalue weighted by molar-refractivity contribution is 8.00. The smallest absolute Gasteiger partial charge is 0.255 e. The van der Waals surface area contributed by atoms with Crippen molar-refractivity contribution in [2.75, 3.05) is 5.32 Å². The van der Waals surface area contributed by atoms with Gasteiger partial charge in [-0.2, -0.15) is 0 Å². The van der Waals surface area contributed by atoms with Crippen molar-refractivity contribution < 1.29 is 9.18 Å². The van der Waals surface area contributed by atoms with E-state index in [9.17, 15) is 9.18 Å². The average molecular weight is 315 g/mol. The molecule has 1 saturated carbocycles. The zero-order valence-corrected chi connectivity index (χ0v) is 13.0. The molecule has 0 bridgehead atoms. The summed E-state index contributed by atoms with van der Waals surface area (Å²) in [6, 6.07) is 13.6. The van der Waals surface area contributed by atoms with Crippen LogP contribution in [0.1, 0.15) is 36.0 Å². The Bertz CT molecular complexity index is 668. The number of rotatable bonds is 4. The Hall–Kier alpha value is -1.81. The van der Waals surface area contributed by atoms with E-state index in [0.717, 1.165) is 10.6 Å². The fourth-order valence-corrected chi connectivity index (χ4v) is 4.01. The number of carbonyl (C=O) groups is 1. The third kappa shape index (κ3) is 3.69. The maximum Gasteiger partial charge on any atom is 0.255 e. The summed E-state index contributed by atoms with van der Waals surface area (Å²) in [5.74, 6) is -0.680. The van der Waals surface area contributed by atoms with E-state index in [1.54, 1.807) is 12.1 Å². The Balaban J connectivity index is 1.75. The fourth-order valence-electron chi connectivity index (χ4n) is 2.68. The number of para-hydroxylation sites is 1. The summed E-state index contributed by atoms with van der Waals surface area (Å²) in [6.07, 6.45) is 5.04. The zero-order valence-electron chi connectivity index (χ0n) is 12.2. The van der Waals surface area contributed by atoms with Gasteiger partial charge in [0.2, 0.25) is 0 Å². The van der Waals surface area contributed by atoms with Gasteiger partial charge in [0.15, 0.2) is 0 Å². The summed E-state index contributed by atoms with van der Waals surface area (Å²) in [4.78, 5) is 13.4. The molecule has 0 heterocycles. The first-order valence-corrected chi connectivity index (χ1v) is 8.43. The Morgan fingerprint density at radius 2 is 1.86 bits per heavy atom. The molecule has 22 heavy (non-hydrogen) atoms. The first-order valence-electron chi connectivity index (χ1n) is 7.55. The topological polar surface area (TPSA) is 29.1 Å². The summed E-state index contributed by atoms with van der Waals surface area (Å²) >= 11 is 1.83. The molecule has 0 spiro atoms. The molecular weight excluding hydrogens is 297 g/mol. The predicted molar refractivity (Wildman–Crippen MR) is 88.9 cm³/mol. The molecule has 2 nitrogen and oxygen atoms in total. The van der Waals surface area contributed by atoms with Gasteiger partial charge in [-0.15, -0.1) is 11.8 Å². The molecule has 0 aromatic heterocycles. The van der Waals surface area contributed by atoms with Gasteiger partial charge < -0.3 is 5.32 Å².